The molecule has 2 aliphatic heterocycles. The minimum atomic E-state index is -0.451. The van der Waals surface area contributed by atoms with Crippen molar-refractivity contribution in [2.75, 3.05) is 53.6 Å². The number of methoxy groups -OCH3 is 2. The first-order valence-corrected chi connectivity index (χ1v) is 9.86. The minimum absolute atomic E-state index is 0.0391. The van der Waals surface area contributed by atoms with Gasteiger partial charge in [-0.25, -0.2) is 4.79 Å². The summed E-state index contributed by atoms with van der Waals surface area (Å²) >= 11 is 0. The van der Waals surface area contributed by atoms with E-state index in [2.05, 4.69) is 10.2 Å². The van der Waals surface area contributed by atoms with Gasteiger partial charge in [0.25, 0.3) is 0 Å². The van der Waals surface area contributed by atoms with Gasteiger partial charge >= 0.3 is 6.03 Å². The van der Waals surface area contributed by atoms with Gasteiger partial charge in [-0.1, -0.05) is 6.07 Å². The van der Waals surface area contributed by atoms with Crippen LogP contribution in [0.15, 0.2) is 18.2 Å². The molecule has 0 aromatic heterocycles. The lowest BCUT2D eigenvalue weighted by Crippen LogP contribution is -2.53. The number of ether oxygens (including phenoxy) is 3. The third-order valence-electron chi connectivity index (χ3n) is 5.39. The van der Waals surface area contributed by atoms with E-state index in [1.165, 1.54) is 0 Å². The van der Waals surface area contributed by atoms with Crippen LogP contribution in [-0.4, -0.2) is 86.7 Å². The first-order chi connectivity index (χ1) is 13.6. The normalized spacial score (nSPS) is 21.4. The van der Waals surface area contributed by atoms with Gasteiger partial charge < -0.3 is 29.5 Å². The molecule has 2 aliphatic rings. The topological polar surface area (TPSA) is 83.5 Å². The Labute approximate surface area is 166 Å². The van der Waals surface area contributed by atoms with Crippen LogP contribution in [0.2, 0.25) is 0 Å². The van der Waals surface area contributed by atoms with Crippen LogP contribution in [0.1, 0.15) is 18.4 Å². The third-order valence-corrected chi connectivity index (χ3v) is 5.39. The molecule has 2 heterocycles. The monoisotopic (exact) mass is 393 g/mol. The second-order valence-corrected chi connectivity index (χ2v) is 7.25. The van der Waals surface area contributed by atoms with Crippen molar-refractivity contribution in [1.29, 1.82) is 0 Å². The first kappa shape index (κ1) is 20.7. The molecule has 0 saturated carbocycles. The number of β-amino-alcohol motifs (C(OH)–C–C–N with tert-alkyl or cyclic N) is 1. The molecule has 1 aromatic rings. The number of rotatable bonds is 7. The fraction of sp³-hybridized carbons (Fsp3) is 0.650. The zero-order chi connectivity index (χ0) is 19.9. The van der Waals surface area contributed by atoms with Gasteiger partial charge in [0.15, 0.2) is 11.5 Å². The first-order valence-electron chi connectivity index (χ1n) is 9.86. The largest absolute Gasteiger partial charge is 0.493 e. The lowest BCUT2D eigenvalue weighted by Gasteiger charge is -2.36. The van der Waals surface area contributed by atoms with Gasteiger partial charge in [0.1, 0.15) is 0 Å². The van der Waals surface area contributed by atoms with Gasteiger partial charge in [0.2, 0.25) is 0 Å². The van der Waals surface area contributed by atoms with Crippen LogP contribution in [0, 0.1) is 0 Å². The molecule has 156 valence electrons. The smallest absolute Gasteiger partial charge is 0.317 e. The van der Waals surface area contributed by atoms with Crippen LogP contribution in [-0.2, 0) is 11.3 Å². The van der Waals surface area contributed by atoms with Crippen molar-refractivity contribution in [3.8, 4) is 11.5 Å². The summed E-state index contributed by atoms with van der Waals surface area (Å²) in [6, 6.07) is 5.53. The highest BCUT2D eigenvalue weighted by Gasteiger charge is 2.28. The second kappa shape index (κ2) is 9.95. The van der Waals surface area contributed by atoms with Crippen LogP contribution in [0.4, 0.5) is 4.79 Å². The minimum Gasteiger partial charge on any atom is -0.493 e. The Bertz CT molecular complexity index is 643. The summed E-state index contributed by atoms with van der Waals surface area (Å²) in [6.45, 7) is 4.59. The highest BCUT2D eigenvalue weighted by Crippen LogP contribution is 2.27. The molecule has 28 heavy (non-hydrogen) atoms. The summed E-state index contributed by atoms with van der Waals surface area (Å²) < 4.78 is 16.1. The summed E-state index contributed by atoms with van der Waals surface area (Å²) in [5, 5.41) is 13.2. The zero-order valence-corrected chi connectivity index (χ0v) is 16.7. The number of amides is 2. The number of hydrogen-bond acceptors (Lipinski definition) is 6. The highest BCUT2D eigenvalue weighted by molar-refractivity contribution is 5.74. The summed E-state index contributed by atoms with van der Waals surface area (Å²) in [5.74, 6) is 1.31. The number of nitrogens with zero attached hydrogens (tertiary/aromatic N) is 2. The van der Waals surface area contributed by atoms with E-state index in [1.807, 2.05) is 23.1 Å². The summed E-state index contributed by atoms with van der Waals surface area (Å²) in [4.78, 5) is 16.5. The molecule has 0 bridgehead atoms. The van der Waals surface area contributed by atoms with Gasteiger partial charge in [-0.3, -0.25) is 4.90 Å². The molecule has 2 fully saturated rings. The maximum Gasteiger partial charge on any atom is 0.317 e. The summed E-state index contributed by atoms with van der Waals surface area (Å²) in [5.41, 5.74) is 0.948. The van der Waals surface area contributed by atoms with E-state index in [-0.39, 0.29) is 12.1 Å². The highest BCUT2D eigenvalue weighted by atomic mass is 16.5. The van der Waals surface area contributed by atoms with Gasteiger partial charge in [-0.15, -0.1) is 0 Å². The molecule has 0 unspecified atom stereocenters. The van der Waals surface area contributed by atoms with Gasteiger partial charge in [0.05, 0.1) is 26.4 Å². The Hall–Kier alpha value is -2.03. The molecular weight excluding hydrogens is 362 g/mol. The molecule has 2 amide bonds. The van der Waals surface area contributed by atoms with Crippen molar-refractivity contribution in [2.45, 2.75) is 31.6 Å². The fourth-order valence-corrected chi connectivity index (χ4v) is 3.70. The van der Waals surface area contributed by atoms with Gasteiger partial charge in [-0.05, 0) is 30.5 Å². The maximum absolute atomic E-state index is 12.5. The molecular formula is C20H31N3O5. The number of aliphatic hydroxyl groups is 1. The molecule has 8 nitrogen and oxygen atoms in total. The lowest BCUT2D eigenvalue weighted by molar-refractivity contribution is -0.0231. The quantitative estimate of drug-likeness (QED) is 0.721. The molecule has 3 rings (SSSR count). The van der Waals surface area contributed by atoms with E-state index in [0.29, 0.717) is 37.7 Å². The average Bonchev–Trinajstić information content (AvgIpc) is 3.27. The van der Waals surface area contributed by atoms with Crippen LogP contribution < -0.4 is 14.8 Å². The van der Waals surface area contributed by atoms with Crippen LogP contribution in [0.3, 0.4) is 0 Å². The van der Waals surface area contributed by atoms with Crippen molar-refractivity contribution < 1.29 is 24.1 Å². The van der Waals surface area contributed by atoms with Crippen LogP contribution >= 0.6 is 0 Å². The molecule has 0 aliphatic carbocycles. The number of hydrogen-bond donors (Lipinski definition) is 2. The zero-order valence-electron chi connectivity index (χ0n) is 16.7. The van der Waals surface area contributed by atoms with E-state index < -0.39 is 6.10 Å². The van der Waals surface area contributed by atoms with Crippen LogP contribution in [0.5, 0.6) is 11.5 Å². The van der Waals surface area contributed by atoms with Crippen molar-refractivity contribution >= 4 is 6.03 Å². The number of carbonyl (C=O) groups excluding carboxylic acids is 1. The molecule has 0 spiro atoms. The standard InChI is InChI=1S/C20H31N3O5/c1-26-18-6-5-15(12-19(18)27-2)13-21-20(25)23-9-7-22(8-10-23)14-16(24)17-4-3-11-28-17/h5-6,12,16-17,24H,3-4,7-11,13-14H2,1-2H3,(H,21,25)/t16-,17+/m0/s1. The Balaban J connectivity index is 1.41. The van der Waals surface area contributed by atoms with E-state index >= 15 is 0 Å². The fourth-order valence-electron chi connectivity index (χ4n) is 3.70. The van der Waals surface area contributed by atoms with E-state index in [9.17, 15) is 9.90 Å². The Morgan fingerprint density at radius 3 is 2.64 bits per heavy atom. The SMILES string of the molecule is COc1ccc(CNC(=O)N2CCN(C[C@H](O)[C@H]3CCCO3)CC2)cc1OC. The lowest BCUT2D eigenvalue weighted by atomic mass is 10.1. The van der Waals surface area contributed by atoms with Crippen LogP contribution in [0.25, 0.3) is 0 Å². The Morgan fingerprint density at radius 2 is 2.00 bits per heavy atom. The van der Waals surface area contributed by atoms with Crippen molar-refractivity contribution in [3.63, 3.8) is 0 Å². The van der Waals surface area contributed by atoms with Crippen molar-refractivity contribution in [3.05, 3.63) is 23.8 Å². The van der Waals surface area contributed by atoms with Crippen molar-refractivity contribution in [2.24, 2.45) is 0 Å². The number of piperazine rings is 1. The predicted octanol–water partition coefficient (Wildman–Crippen LogP) is 1.07. The third kappa shape index (κ3) is 5.27. The van der Waals surface area contributed by atoms with E-state index in [4.69, 9.17) is 14.2 Å². The summed E-state index contributed by atoms with van der Waals surface area (Å²) in [7, 11) is 3.19. The predicted molar refractivity (Wildman–Crippen MR) is 105 cm³/mol. The number of urea groups is 1. The molecule has 0 radical (unpaired) electrons. The molecule has 2 atom stereocenters. The molecule has 8 heteroatoms. The van der Waals surface area contributed by atoms with Crippen molar-refractivity contribution in [1.82, 2.24) is 15.1 Å². The number of benzene rings is 1. The van der Waals surface area contributed by atoms with E-state index in [1.54, 1.807) is 14.2 Å². The average molecular weight is 393 g/mol. The maximum atomic E-state index is 12.5. The number of nitrogens with one attached hydrogen (secondary N) is 1. The molecule has 2 saturated heterocycles. The molecule has 1 aromatic carbocycles. The van der Waals surface area contributed by atoms with Gasteiger partial charge in [-0.2, -0.15) is 0 Å². The van der Waals surface area contributed by atoms with E-state index in [0.717, 1.165) is 38.1 Å². The number of carbonyl (C=O) groups is 1. The van der Waals surface area contributed by atoms with Gasteiger partial charge in [0, 0.05) is 45.9 Å². The second-order valence-electron chi connectivity index (χ2n) is 7.25. The molecule has 2 N–H and O–H groups in total. The summed E-state index contributed by atoms with van der Waals surface area (Å²) in [6.07, 6.45) is 1.46. The Morgan fingerprint density at radius 1 is 1.25 bits per heavy atom. The number of aliphatic hydroxyl groups excluding tert-OH is 1. The Kier molecular flexibility index (Phi) is 7.36.